The average Bonchev–Trinajstić information content (AvgIpc) is 3.27. The molecular formula is C16H18N2O4. The molecule has 1 fully saturated rings. The molecule has 1 aliphatic carbocycles. The molecule has 2 aromatic rings. The molecular weight excluding hydrogens is 284 g/mol. The van der Waals surface area contributed by atoms with Gasteiger partial charge in [0.05, 0.1) is 23.1 Å². The minimum absolute atomic E-state index is 0.233. The first kappa shape index (κ1) is 14.6. The third kappa shape index (κ3) is 2.68. The molecule has 0 spiro atoms. The monoisotopic (exact) mass is 302 g/mol. The zero-order valence-corrected chi connectivity index (χ0v) is 12.6. The third-order valence-electron chi connectivity index (χ3n) is 3.83. The number of hydrogen-bond donors (Lipinski definition) is 1. The molecule has 1 aromatic heterocycles. The summed E-state index contributed by atoms with van der Waals surface area (Å²) >= 11 is 0. The molecule has 22 heavy (non-hydrogen) atoms. The van der Waals surface area contributed by atoms with Crippen LogP contribution >= 0.6 is 0 Å². The zero-order chi connectivity index (χ0) is 15.9. The van der Waals surface area contributed by atoms with Gasteiger partial charge in [-0.15, -0.1) is 0 Å². The lowest BCUT2D eigenvalue weighted by Gasteiger charge is -2.10. The van der Waals surface area contributed by atoms with Crippen LogP contribution in [0.1, 0.15) is 43.1 Å². The van der Waals surface area contributed by atoms with Crippen molar-refractivity contribution in [2.45, 2.75) is 32.7 Å². The maximum absolute atomic E-state index is 12.3. The van der Waals surface area contributed by atoms with Gasteiger partial charge in [-0.05, 0) is 50.8 Å². The Labute approximate surface area is 126 Å². The fraction of sp³-hybridized carbons (Fsp3) is 0.438. The molecule has 6 nitrogen and oxygen atoms in total. The Balaban J connectivity index is 1.99. The summed E-state index contributed by atoms with van der Waals surface area (Å²) in [6.45, 7) is 3.97. The van der Waals surface area contributed by atoms with Crippen molar-refractivity contribution >= 4 is 16.9 Å². The first-order valence-corrected chi connectivity index (χ1v) is 7.43. The van der Waals surface area contributed by atoms with Crippen LogP contribution in [-0.4, -0.2) is 22.1 Å². The molecule has 0 bridgehead atoms. The van der Waals surface area contributed by atoms with E-state index >= 15 is 0 Å². The second kappa shape index (κ2) is 5.44. The van der Waals surface area contributed by atoms with E-state index in [-0.39, 0.29) is 11.6 Å². The summed E-state index contributed by atoms with van der Waals surface area (Å²) in [6, 6.07) is 4.38. The fourth-order valence-electron chi connectivity index (χ4n) is 2.39. The molecule has 1 aromatic carbocycles. The lowest BCUT2D eigenvalue weighted by Crippen LogP contribution is -2.36. The molecule has 1 heterocycles. The number of ether oxygens (including phenoxy) is 1. The van der Waals surface area contributed by atoms with Gasteiger partial charge in [0, 0.05) is 6.04 Å². The largest absolute Gasteiger partial charge is 0.462 e. The molecule has 1 aliphatic rings. The second-order valence-electron chi connectivity index (χ2n) is 6.00. The molecule has 0 saturated heterocycles. The number of benzene rings is 1. The quantitative estimate of drug-likeness (QED) is 0.874. The fourth-order valence-corrected chi connectivity index (χ4v) is 2.39. The van der Waals surface area contributed by atoms with Gasteiger partial charge in [-0.2, -0.15) is 0 Å². The van der Waals surface area contributed by atoms with E-state index in [0.717, 1.165) is 17.4 Å². The molecule has 6 heteroatoms. The van der Waals surface area contributed by atoms with Gasteiger partial charge < -0.3 is 9.72 Å². The molecule has 1 N–H and O–H groups in total. The Hall–Kier alpha value is -2.37. The van der Waals surface area contributed by atoms with Crippen LogP contribution in [-0.2, 0) is 4.74 Å². The minimum Gasteiger partial charge on any atom is -0.462 e. The number of nitrogens with zero attached hydrogens (tertiary/aromatic N) is 1. The number of aromatic amines is 1. The summed E-state index contributed by atoms with van der Waals surface area (Å²) in [5, 5.41) is 0.382. The van der Waals surface area contributed by atoms with Crippen molar-refractivity contribution in [3.8, 4) is 0 Å². The highest BCUT2D eigenvalue weighted by atomic mass is 16.5. The van der Waals surface area contributed by atoms with Crippen molar-refractivity contribution in [1.82, 2.24) is 9.55 Å². The summed E-state index contributed by atoms with van der Waals surface area (Å²) < 4.78 is 6.37. The first-order valence-electron chi connectivity index (χ1n) is 7.43. The van der Waals surface area contributed by atoms with E-state index in [9.17, 15) is 14.4 Å². The molecule has 3 rings (SSSR count). The average molecular weight is 302 g/mol. The maximum atomic E-state index is 12.3. The van der Waals surface area contributed by atoms with Gasteiger partial charge in [-0.3, -0.25) is 9.36 Å². The van der Waals surface area contributed by atoms with Crippen LogP contribution in [0.3, 0.4) is 0 Å². The highest BCUT2D eigenvalue weighted by molar-refractivity contribution is 5.94. The minimum atomic E-state index is -0.476. The highest BCUT2D eigenvalue weighted by Gasteiger charge is 2.23. The van der Waals surface area contributed by atoms with Gasteiger partial charge in [-0.1, -0.05) is 0 Å². The predicted molar refractivity (Wildman–Crippen MR) is 82.2 cm³/mol. The van der Waals surface area contributed by atoms with Crippen LogP contribution in [0.4, 0.5) is 0 Å². The Morgan fingerprint density at radius 1 is 1.36 bits per heavy atom. The van der Waals surface area contributed by atoms with Crippen LogP contribution < -0.4 is 11.2 Å². The maximum Gasteiger partial charge on any atom is 0.338 e. The molecule has 0 aliphatic heterocycles. The van der Waals surface area contributed by atoms with E-state index < -0.39 is 11.7 Å². The Morgan fingerprint density at radius 3 is 2.73 bits per heavy atom. The number of nitrogens with one attached hydrogen (secondary N) is 1. The highest BCUT2D eigenvalue weighted by Crippen LogP contribution is 2.29. The molecule has 0 radical (unpaired) electrons. The number of carbonyl (C=O) groups is 1. The zero-order valence-electron chi connectivity index (χ0n) is 12.6. The summed E-state index contributed by atoms with van der Waals surface area (Å²) in [5.41, 5.74) is -0.138. The van der Waals surface area contributed by atoms with Crippen molar-refractivity contribution in [1.29, 1.82) is 0 Å². The number of esters is 1. The molecule has 0 unspecified atom stereocenters. The van der Waals surface area contributed by atoms with E-state index in [1.807, 2.05) is 0 Å². The molecule has 1 saturated carbocycles. The molecule has 0 atom stereocenters. The summed E-state index contributed by atoms with van der Waals surface area (Å²) in [5.74, 6) is 0.0603. The van der Waals surface area contributed by atoms with E-state index in [0.29, 0.717) is 29.0 Å². The normalized spacial score (nSPS) is 14.5. The topological polar surface area (TPSA) is 81.2 Å². The number of aromatic nitrogens is 2. The Kier molecular flexibility index (Phi) is 3.60. The van der Waals surface area contributed by atoms with Crippen molar-refractivity contribution in [2.75, 3.05) is 6.61 Å². The third-order valence-corrected chi connectivity index (χ3v) is 3.83. The first-order chi connectivity index (χ1) is 10.5. The van der Waals surface area contributed by atoms with Crippen LogP contribution in [0, 0.1) is 5.92 Å². The Morgan fingerprint density at radius 2 is 2.09 bits per heavy atom. The van der Waals surface area contributed by atoms with Crippen LogP contribution in [0.5, 0.6) is 0 Å². The number of hydrogen-bond acceptors (Lipinski definition) is 4. The number of rotatable bonds is 4. The van der Waals surface area contributed by atoms with Crippen molar-refractivity contribution in [3.05, 3.63) is 44.6 Å². The number of carbonyl (C=O) groups excluding carboxylic acids is 1. The number of fused-ring (bicyclic) bond motifs is 1. The van der Waals surface area contributed by atoms with Crippen LogP contribution in [0.2, 0.25) is 0 Å². The summed E-state index contributed by atoms with van der Waals surface area (Å²) in [7, 11) is 0. The van der Waals surface area contributed by atoms with Gasteiger partial charge in [0.1, 0.15) is 0 Å². The Bertz CT molecular complexity index is 843. The van der Waals surface area contributed by atoms with Crippen molar-refractivity contribution < 1.29 is 9.53 Å². The van der Waals surface area contributed by atoms with Gasteiger partial charge in [-0.25, -0.2) is 9.59 Å². The summed E-state index contributed by atoms with van der Waals surface area (Å²) in [4.78, 5) is 38.9. The van der Waals surface area contributed by atoms with Gasteiger partial charge in [0.25, 0.3) is 5.56 Å². The van der Waals surface area contributed by atoms with Gasteiger partial charge >= 0.3 is 11.7 Å². The standard InChI is InChI=1S/C16H18N2O4/c1-9(2)18-14(19)12-6-5-11(7-13(12)17-16(18)21)15(20)22-8-10-3-4-10/h5-7,9-10H,3-4,8H2,1-2H3,(H,17,21). The van der Waals surface area contributed by atoms with Crippen molar-refractivity contribution in [3.63, 3.8) is 0 Å². The smallest absolute Gasteiger partial charge is 0.338 e. The summed E-state index contributed by atoms with van der Waals surface area (Å²) in [6.07, 6.45) is 2.21. The van der Waals surface area contributed by atoms with E-state index in [1.54, 1.807) is 26.0 Å². The lowest BCUT2D eigenvalue weighted by molar-refractivity contribution is 0.0486. The van der Waals surface area contributed by atoms with Gasteiger partial charge in [0.2, 0.25) is 0 Å². The molecule has 0 amide bonds. The van der Waals surface area contributed by atoms with E-state index in [1.165, 1.54) is 6.07 Å². The van der Waals surface area contributed by atoms with E-state index in [2.05, 4.69) is 4.98 Å². The van der Waals surface area contributed by atoms with Crippen LogP contribution in [0.25, 0.3) is 10.9 Å². The van der Waals surface area contributed by atoms with E-state index in [4.69, 9.17) is 4.74 Å². The molecule has 116 valence electrons. The predicted octanol–water partition coefficient (Wildman–Crippen LogP) is 1.84. The lowest BCUT2D eigenvalue weighted by atomic mass is 10.1. The number of H-pyrrole nitrogens is 1. The second-order valence-corrected chi connectivity index (χ2v) is 6.00. The SMILES string of the molecule is CC(C)n1c(=O)[nH]c2cc(C(=O)OCC3CC3)ccc2c1=O. The van der Waals surface area contributed by atoms with Gasteiger partial charge in [0.15, 0.2) is 0 Å². The van der Waals surface area contributed by atoms with Crippen LogP contribution in [0.15, 0.2) is 27.8 Å². The van der Waals surface area contributed by atoms with Crippen molar-refractivity contribution in [2.24, 2.45) is 5.92 Å².